The van der Waals surface area contributed by atoms with Crippen molar-refractivity contribution in [2.24, 2.45) is 0 Å². The molecule has 98 valence electrons. The van der Waals surface area contributed by atoms with Gasteiger partial charge in [0.15, 0.2) is 10.9 Å². The molecular weight excluding hydrogens is 303 g/mol. The molecule has 0 radical (unpaired) electrons. The van der Waals surface area contributed by atoms with E-state index in [1.54, 1.807) is 30.5 Å². The zero-order chi connectivity index (χ0) is 13.8. The van der Waals surface area contributed by atoms with E-state index in [-0.39, 0.29) is 12.2 Å². The third-order valence-corrected chi connectivity index (χ3v) is 3.56. The molecule has 0 unspecified atom stereocenters. The third-order valence-electron chi connectivity index (χ3n) is 2.45. The molecule has 0 N–H and O–H groups in total. The lowest BCUT2D eigenvalue weighted by atomic mass is 10.1. The van der Waals surface area contributed by atoms with Gasteiger partial charge in [0.05, 0.1) is 17.1 Å². The monoisotopic (exact) mass is 312 g/mol. The van der Waals surface area contributed by atoms with Crippen molar-refractivity contribution >= 4 is 40.7 Å². The number of rotatable bonds is 4. The quantitative estimate of drug-likeness (QED) is 0.487. The molecule has 3 nitrogen and oxygen atoms in total. The van der Waals surface area contributed by atoms with E-state index >= 15 is 0 Å². The smallest absolute Gasteiger partial charge is 0.187 e. The van der Waals surface area contributed by atoms with Crippen molar-refractivity contribution < 1.29 is 4.79 Å². The summed E-state index contributed by atoms with van der Waals surface area (Å²) < 4.78 is 0. The third kappa shape index (κ3) is 3.69. The minimum Gasteiger partial charge on any atom is -0.294 e. The van der Waals surface area contributed by atoms with Gasteiger partial charge in [-0.25, -0.2) is 9.97 Å². The molecule has 0 saturated carbocycles. The van der Waals surface area contributed by atoms with Crippen molar-refractivity contribution in [1.82, 2.24) is 9.97 Å². The predicted octanol–water partition coefficient (Wildman–Crippen LogP) is 3.93. The van der Waals surface area contributed by atoms with Gasteiger partial charge < -0.3 is 0 Å². The Balaban J connectivity index is 2.20. The van der Waals surface area contributed by atoms with Crippen LogP contribution in [-0.2, 0) is 6.42 Å². The van der Waals surface area contributed by atoms with Gasteiger partial charge in [-0.15, -0.1) is 0 Å². The molecule has 0 aliphatic rings. The number of benzene rings is 1. The van der Waals surface area contributed by atoms with Gasteiger partial charge in [-0.3, -0.25) is 4.79 Å². The maximum atomic E-state index is 12.2. The van der Waals surface area contributed by atoms with Gasteiger partial charge in [-0.2, -0.15) is 0 Å². The van der Waals surface area contributed by atoms with Crippen LogP contribution in [-0.4, -0.2) is 22.0 Å². The van der Waals surface area contributed by atoms with Crippen LogP contribution in [0.3, 0.4) is 0 Å². The lowest BCUT2D eigenvalue weighted by molar-refractivity contribution is 0.0992. The topological polar surface area (TPSA) is 42.9 Å². The Kier molecular flexibility index (Phi) is 4.80. The molecule has 6 heteroatoms. The summed E-state index contributed by atoms with van der Waals surface area (Å²) in [6, 6.07) is 6.56. The molecule has 0 saturated heterocycles. The van der Waals surface area contributed by atoms with Gasteiger partial charge in [0.2, 0.25) is 0 Å². The molecule has 0 amide bonds. The SMILES string of the molecule is CSc1nccc(CC(=O)c2ccc(Cl)cc2Cl)n1. The minimum absolute atomic E-state index is 0.0904. The number of nitrogens with zero attached hydrogens (tertiary/aromatic N) is 2. The van der Waals surface area contributed by atoms with Gasteiger partial charge >= 0.3 is 0 Å². The highest BCUT2D eigenvalue weighted by atomic mass is 35.5. The maximum Gasteiger partial charge on any atom is 0.187 e. The molecule has 1 aromatic heterocycles. The summed E-state index contributed by atoms with van der Waals surface area (Å²) in [6.45, 7) is 0. The lowest BCUT2D eigenvalue weighted by Crippen LogP contribution is -2.06. The van der Waals surface area contributed by atoms with Crippen molar-refractivity contribution in [3.05, 3.63) is 51.8 Å². The van der Waals surface area contributed by atoms with Crippen LogP contribution in [0, 0.1) is 0 Å². The largest absolute Gasteiger partial charge is 0.294 e. The van der Waals surface area contributed by atoms with Crippen LogP contribution in [0.2, 0.25) is 10.0 Å². The zero-order valence-corrected chi connectivity index (χ0v) is 12.4. The Morgan fingerprint density at radius 1 is 1.32 bits per heavy atom. The van der Waals surface area contributed by atoms with Gasteiger partial charge in [0.1, 0.15) is 0 Å². The van der Waals surface area contributed by atoms with E-state index in [0.29, 0.717) is 26.5 Å². The first kappa shape index (κ1) is 14.3. The second-order valence-corrected chi connectivity index (χ2v) is 5.38. The number of aromatic nitrogens is 2. The second-order valence-electron chi connectivity index (χ2n) is 3.76. The van der Waals surface area contributed by atoms with Gasteiger partial charge in [0, 0.05) is 16.8 Å². The van der Waals surface area contributed by atoms with E-state index < -0.39 is 0 Å². The number of carbonyl (C=O) groups is 1. The predicted molar refractivity (Wildman–Crippen MR) is 78.3 cm³/mol. The highest BCUT2D eigenvalue weighted by Gasteiger charge is 2.12. The normalized spacial score (nSPS) is 10.5. The molecule has 1 aromatic carbocycles. The number of hydrogen-bond acceptors (Lipinski definition) is 4. The van der Waals surface area contributed by atoms with Crippen LogP contribution < -0.4 is 0 Å². The first-order valence-electron chi connectivity index (χ1n) is 5.44. The van der Waals surface area contributed by atoms with Crippen LogP contribution in [0.25, 0.3) is 0 Å². The number of thioether (sulfide) groups is 1. The first-order valence-corrected chi connectivity index (χ1v) is 7.42. The van der Waals surface area contributed by atoms with Crippen LogP contribution in [0.1, 0.15) is 16.1 Å². The number of halogens is 2. The summed E-state index contributed by atoms with van der Waals surface area (Å²) in [5.74, 6) is -0.0904. The fourth-order valence-corrected chi connectivity index (χ4v) is 2.44. The van der Waals surface area contributed by atoms with Crippen LogP contribution in [0.5, 0.6) is 0 Å². The Morgan fingerprint density at radius 2 is 2.11 bits per heavy atom. The summed E-state index contributed by atoms with van der Waals surface area (Å²) in [5, 5.41) is 1.51. The molecule has 1 heterocycles. The molecule has 0 spiro atoms. The first-order chi connectivity index (χ1) is 9.10. The van der Waals surface area contributed by atoms with Gasteiger partial charge in [0.25, 0.3) is 0 Å². The number of Topliss-reactive ketones (excluding diaryl/α,β-unsaturated/α-hetero) is 1. The molecular formula is C13H10Cl2N2OS. The second kappa shape index (κ2) is 6.37. The summed E-state index contributed by atoms with van der Waals surface area (Å²) in [7, 11) is 0. The van der Waals surface area contributed by atoms with E-state index in [1.807, 2.05) is 6.26 Å². The summed E-state index contributed by atoms with van der Waals surface area (Å²) in [6.07, 6.45) is 3.72. The van der Waals surface area contributed by atoms with Gasteiger partial charge in [-0.05, 0) is 30.5 Å². The van der Waals surface area contributed by atoms with Crippen LogP contribution >= 0.6 is 35.0 Å². The molecule has 0 atom stereocenters. The number of ketones is 1. The molecule has 19 heavy (non-hydrogen) atoms. The molecule has 2 aromatic rings. The molecule has 2 rings (SSSR count). The van der Waals surface area contributed by atoms with Crippen molar-refractivity contribution in [3.8, 4) is 0 Å². The average Bonchev–Trinajstić information content (AvgIpc) is 2.38. The molecule has 0 aliphatic heterocycles. The fourth-order valence-electron chi connectivity index (χ4n) is 1.55. The van der Waals surface area contributed by atoms with Crippen molar-refractivity contribution in [2.75, 3.05) is 6.26 Å². The highest BCUT2D eigenvalue weighted by Crippen LogP contribution is 2.22. The number of hydrogen-bond donors (Lipinski definition) is 0. The van der Waals surface area contributed by atoms with Crippen molar-refractivity contribution in [3.63, 3.8) is 0 Å². The van der Waals surface area contributed by atoms with Crippen LogP contribution in [0.15, 0.2) is 35.6 Å². The highest BCUT2D eigenvalue weighted by molar-refractivity contribution is 7.98. The Bertz CT molecular complexity index is 619. The Labute approximate surface area is 125 Å². The van der Waals surface area contributed by atoms with E-state index in [4.69, 9.17) is 23.2 Å². The fraction of sp³-hybridized carbons (Fsp3) is 0.154. The van der Waals surface area contributed by atoms with E-state index in [2.05, 4.69) is 9.97 Å². The summed E-state index contributed by atoms with van der Waals surface area (Å²) in [4.78, 5) is 20.5. The van der Waals surface area contributed by atoms with Crippen LogP contribution in [0.4, 0.5) is 0 Å². The molecule has 0 bridgehead atoms. The summed E-state index contributed by atoms with van der Waals surface area (Å²) >= 11 is 13.2. The average molecular weight is 313 g/mol. The number of carbonyl (C=O) groups excluding carboxylic acids is 1. The maximum absolute atomic E-state index is 12.2. The van der Waals surface area contributed by atoms with Crippen molar-refractivity contribution in [2.45, 2.75) is 11.6 Å². The van der Waals surface area contributed by atoms with E-state index in [9.17, 15) is 4.79 Å². The van der Waals surface area contributed by atoms with Crippen molar-refractivity contribution in [1.29, 1.82) is 0 Å². The molecule has 0 aliphatic carbocycles. The Hall–Kier alpha value is -1.10. The standard InChI is InChI=1S/C13H10Cl2N2OS/c1-19-13-16-5-4-9(17-13)7-12(18)10-3-2-8(14)6-11(10)15/h2-6H,7H2,1H3. The lowest BCUT2D eigenvalue weighted by Gasteiger charge is -2.04. The van der Waals surface area contributed by atoms with Gasteiger partial charge in [-0.1, -0.05) is 35.0 Å². The minimum atomic E-state index is -0.0904. The Morgan fingerprint density at radius 3 is 2.79 bits per heavy atom. The zero-order valence-electron chi connectivity index (χ0n) is 10.1. The van der Waals surface area contributed by atoms with E-state index in [0.717, 1.165) is 0 Å². The summed E-state index contributed by atoms with van der Waals surface area (Å²) in [5.41, 5.74) is 1.13. The molecule has 0 fully saturated rings. The van der Waals surface area contributed by atoms with E-state index in [1.165, 1.54) is 11.8 Å².